The van der Waals surface area contributed by atoms with Gasteiger partial charge in [0.2, 0.25) is 0 Å². The van der Waals surface area contributed by atoms with Crippen molar-refractivity contribution in [2.24, 2.45) is 5.10 Å². The normalized spacial score (nSPS) is 11.8. The van der Waals surface area contributed by atoms with Crippen LogP contribution in [0.3, 0.4) is 0 Å². The Morgan fingerprint density at radius 1 is 1.09 bits per heavy atom. The minimum Gasteiger partial charge on any atom is -0.200 e. The molecule has 2 rings (SSSR count). The maximum absolute atomic E-state index is 12.1. The van der Waals surface area contributed by atoms with Crippen molar-refractivity contribution in [2.45, 2.75) is 18.7 Å². The number of hydrogen-bond acceptors (Lipinski definition) is 4. The summed E-state index contributed by atoms with van der Waals surface area (Å²) in [6.45, 7) is 3.58. The van der Waals surface area contributed by atoms with Crippen LogP contribution in [0.4, 0.5) is 0 Å². The summed E-state index contributed by atoms with van der Waals surface area (Å²) in [4.78, 5) is 2.38. The number of nitriles is 1. The molecule has 2 aromatic rings. The van der Waals surface area contributed by atoms with Gasteiger partial charge in [0.25, 0.3) is 10.0 Å². The molecule has 1 N–H and O–H groups in total. The van der Waals surface area contributed by atoms with Gasteiger partial charge in [0, 0.05) is 0 Å². The molecule has 5 nitrogen and oxygen atoms in total. The second-order valence-electron chi connectivity index (χ2n) is 4.79. The molecule has 0 saturated carbocycles. The molecule has 0 amide bonds. The highest BCUT2D eigenvalue weighted by Crippen LogP contribution is 2.10. The average Bonchev–Trinajstić information content (AvgIpc) is 2.53. The van der Waals surface area contributed by atoms with Crippen LogP contribution in [0.25, 0.3) is 0 Å². The fourth-order valence-electron chi connectivity index (χ4n) is 1.75. The molecular weight excluding hydrogens is 298 g/mol. The zero-order valence-corrected chi connectivity index (χ0v) is 13.1. The number of nitrogens with one attached hydrogen (secondary N) is 1. The summed E-state index contributed by atoms with van der Waals surface area (Å²) in [5.41, 5.74) is 2.78. The number of hydrogen-bond donors (Lipinski definition) is 1. The topological polar surface area (TPSA) is 82.3 Å². The third-order valence-corrected chi connectivity index (χ3v) is 4.32. The number of hydrazone groups is 1. The Balaban J connectivity index is 2.18. The Labute approximate surface area is 130 Å². The summed E-state index contributed by atoms with van der Waals surface area (Å²) >= 11 is 0. The van der Waals surface area contributed by atoms with E-state index in [0.717, 1.165) is 11.1 Å². The first-order valence-electron chi connectivity index (χ1n) is 6.56. The third kappa shape index (κ3) is 3.71. The Bertz CT molecular complexity index is 830. The molecular formula is C16H15N3O2S. The molecule has 0 saturated heterocycles. The van der Waals surface area contributed by atoms with E-state index in [-0.39, 0.29) is 4.90 Å². The molecule has 0 heterocycles. The second kappa shape index (κ2) is 6.41. The third-order valence-electron chi connectivity index (χ3n) is 3.10. The van der Waals surface area contributed by atoms with Crippen LogP contribution in [-0.2, 0) is 10.0 Å². The predicted molar refractivity (Wildman–Crippen MR) is 84.9 cm³/mol. The van der Waals surface area contributed by atoms with Crippen molar-refractivity contribution in [3.8, 4) is 6.07 Å². The fraction of sp³-hybridized carbons (Fsp3) is 0.125. The Hall–Kier alpha value is -2.65. The molecule has 0 atom stereocenters. The summed E-state index contributed by atoms with van der Waals surface area (Å²) in [6.07, 6.45) is 0. The SMILES string of the molecule is CC(=NNS(=O)(=O)c1ccc(C)cc1)c1ccc(C#N)cc1. The van der Waals surface area contributed by atoms with E-state index >= 15 is 0 Å². The molecule has 6 heteroatoms. The lowest BCUT2D eigenvalue weighted by atomic mass is 10.1. The van der Waals surface area contributed by atoms with E-state index in [4.69, 9.17) is 5.26 Å². The van der Waals surface area contributed by atoms with Crippen LogP contribution >= 0.6 is 0 Å². The average molecular weight is 313 g/mol. The lowest BCUT2D eigenvalue weighted by Gasteiger charge is -2.06. The van der Waals surface area contributed by atoms with Gasteiger partial charge in [-0.25, -0.2) is 0 Å². The molecule has 0 radical (unpaired) electrons. The smallest absolute Gasteiger partial charge is 0.200 e. The van der Waals surface area contributed by atoms with E-state index < -0.39 is 10.0 Å². The van der Waals surface area contributed by atoms with Crippen LogP contribution < -0.4 is 4.83 Å². The summed E-state index contributed by atoms with van der Waals surface area (Å²) in [6, 6.07) is 15.3. The van der Waals surface area contributed by atoms with Gasteiger partial charge in [0.05, 0.1) is 22.2 Å². The van der Waals surface area contributed by atoms with Crippen molar-refractivity contribution in [3.05, 3.63) is 65.2 Å². The van der Waals surface area contributed by atoms with E-state index in [2.05, 4.69) is 9.93 Å². The summed E-state index contributed by atoms with van der Waals surface area (Å²) in [5, 5.41) is 12.7. The van der Waals surface area contributed by atoms with Crippen LogP contribution in [-0.4, -0.2) is 14.1 Å². The van der Waals surface area contributed by atoms with E-state index in [0.29, 0.717) is 11.3 Å². The van der Waals surface area contributed by atoms with Crippen LogP contribution in [0.15, 0.2) is 58.5 Å². The van der Waals surface area contributed by atoms with Gasteiger partial charge in [-0.15, -0.1) is 0 Å². The van der Waals surface area contributed by atoms with Crippen LogP contribution in [0, 0.1) is 18.3 Å². The largest absolute Gasteiger partial charge is 0.276 e. The second-order valence-corrected chi connectivity index (χ2v) is 6.45. The summed E-state index contributed by atoms with van der Waals surface area (Å²) < 4.78 is 24.2. The molecule has 0 spiro atoms. The highest BCUT2D eigenvalue weighted by Gasteiger charge is 2.12. The van der Waals surface area contributed by atoms with Crippen molar-refractivity contribution in [2.75, 3.05) is 0 Å². The maximum Gasteiger partial charge on any atom is 0.276 e. The van der Waals surface area contributed by atoms with Crippen molar-refractivity contribution >= 4 is 15.7 Å². The molecule has 0 aliphatic heterocycles. The van der Waals surface area contributed by atoms with Crippen molar-refractivity contribution in [3.63, 3.8) is 0 Å². The van der Waals surface area contributed by atoms with Gasteiger partial charge < -0.3 is 0 Å². The monoisotopic (exact) mass is 313 g/mol. The molecule has 22 heavy (non-hydrogen) atoms. The Morgan fingerprint density at radius 3 is 2.23 bits per heavy atom. The van der Waals surface area contributed by atoms with E-state index in [9.17, 15) is 8.42 Å². The molecule has 112 valence electrons. The Kier molecular flexibility index (Phi) is 4.59. The molecule has 0 fully saturated rings. The number of benzene rings is 2. The highest BCUT2D eigenvalue weighted by molar-refractivity contribution is 7.89. The molecule has 0 aromatic heterocycles. The van der Waals surface area contributed by atoms with Gasteiger partial charge in [-0.05, 0) is 43.7 Å². The molecule has 0 bridgehead atoms. The van der Waals surface area contributed by atoms with Crippen LogP contribution in [0.5, 0.6) is 0 Å². The van der Waals surface area contributed by atoms with Gasteiger partial charge in [0.15, 0.2) is 0 Å². The van der Waals surface area contributed by atoms with E-state index in [1.807, 2.05) is 13.0 Å². The predicted octanol–water partition coefficient (Wildman–Crippen LogP) is 2.57. The van der Waals surface area contributed by atoms with Gasteiger partial charge in [-0.1, -0.05) is 29.8 Å². The van der Waals surface area contributed by atoms with Crippen molar-refractivity contribution in [1.29, 1.82) is 5.26 Å². The van der Waals surface area contributed by atoms with Crippen molar-refractivity contribution < 1.29 is 8.42 Å². The molecule has 0 unspecified atom stereocenters. The minimum absolute atomic E-state index is 0.162. The number of nitrogens with zero attached hydrogens (tertiary/aromatic N) is 2. The summed E-state index contributed by atoms with van der Waals surface area (Å²) in [7, 11) is -3.68. The highest BCUT2D eigenvalue weighted by atomic mass is 32.2. The zero-order valence-electron chi connectivity index (χ0n) is 12.2. The molecule has 2 aromatic carbocycles. The number of aryl methyl sites for hydroxylation is 1. The van der Waals surface area contributed by atoms with Gasteiger partial charge in [0.1, 0.15) is 0 Å². The standard InChI is InChI=1S/C16H15N3O2S/c1-12-3-9-16(10-4-12)22(20,21)19-18-13(2)15-7-5-14(11-17)6-8-15/h3-10,19H,1-2H3. The van der Waals surface area contributed by atoms with Gasteiger partial charge in [-0.2, -0.15) is 23.6 Å². The quantitative estimate of drug-likeness (QED) is 0.695. The number of sulfonamides is 1. The van der Waals surface area contributed by atoms with E-state index in [1.165, 1.54) is 12.1 Å². The lowest BCUT2D eigenvalue weighted by molar-refractivity contribution is 0.584. The van der Waals surface area contributed by atoms with Crippen LogP contribution in [0.2, 0.25) is 0 Å². The molecule has 0 aliphatic rings. The van der Waals surface area contributed by atoms with E-state index in [1.54, 1.807) is 43.3 Å². The zero-order chi connectivity index (χ0) is 16.2. The minimum atomic E-state index is -3.68. The Morgan fingerprint density at radius 2 is 1.68 bits per heavy atom. The van der Waals surface area contributed by atoms with Gasteiger partial charge >= 0.3 is 0 Å². The first-order chi connectivity index (χ1) is 10.4. The lowest BCUT2D eigenvalue weighted by Crippen LogP contribution is -2.19. The number of rotatable bonds is 4. The summed E-state index contributed by atoms with van der Waals surface area (Å²) in [5.74, 6) is 0. The van der Waals surface area contributed by atoms with Gasteiger partial charge in [-0.3, -0.25) is 0 Å². The molecule has 0 aliphatic carbocycles. The fourth-order valence-corrected chi connectivity index (χ4v) is 2.61. The maximum atomic E-state index is 12.1. The first kappa shape index (κ1) is 15.7. The first-order valence-corrected chi connectivity index (χ1v) is 8.04. The van der Waals surface area contributed by atoms with Crippen LogP contribution in [0.1, 0.15) is 23.6 Å². The van der Waals surface area contributed by atoms with Crippen molar-refractivity contribution in [1.82, 2.24) is 4.83 Å².